The standard InChI is InChI=1S/C17H20N2O4S/c1-13(2)14-7-6-9-16(11-14)23-17(20)19(3)24(21)22-12-15-8-4-5-10-18-15/h4-11,13H,12H2,1-3H3. The number of pyridine rings is 1. The molecule has 1 aromatic carbocycles. The molecule has 0 saturated heterocycles. The summed E-state index contributed by atoms with van der Waals surface area (Å²) in [5.41, 5.74) is 1.67. The van der Waals surface area contributed by atoms with Gasteiger partial charge in [-0.25, -0.2) is 13.3 Å². The molecule has 24 heavy (non-hydrogen) atoms. The van der Waals surface area contributed by atoms with Crippen LogP contribution in [-0.4, -0.2) is 26.6 Å². The Morgan fingerprint density at radius 2 is 2.04 bits per heavy atom. The summed E-state index contributed by atoms with van der Waals surface area (Å²) in [7, 11) is 1.35. The van der Waals surface area contributed by atoms with E-state index in [1.165, 1.54) is 7.05 Å². The lowest BCUT2D eigenvalue weighted by Gasteiger charge is -2.15. The maximum absolute atomic E-state index is 12.1. The minimum Gasteiger partial charge on any atom is -0.409 e. The molecular formula is C17H20N2O4S. The van der Waals surface area contributed by atoms with Crippen LogP contribution in [0, 0.1) is 0 Å². The van der Waals surface area contributed by atoms with Crippen molar-refractivity contribution in [1.29, 1.82) is 0 Å². The Bertz CT molecular complexity index is 707. The van der Waals surface area contributed by atoms with E-state index >= 15 is 0 Å². The highest BCUT2D eigenvalue weighted by atomic mass is 32.2. The molecule has 6 nitrogen and oxygen atoms in total. The lowest BCUT2D eigenvalue weighted by atomic mass is 10.0. The van der Waals surface area contributed by atoms with Gasteiger partial charge in [0.15, 0.2) is 0 Å². The van der Waals surface area contributed by atoms with E-state index < -0.39 is 17.4 Å². The Morgan fingerprint density at radius 3 is 2.71 bits per heavy atom. The van der Waals surface area contributed by atoms with E-state index in [-0.39, 0.29) is 6.61 Å². The summed E-state index contributed by atoms with van der Waals surface area (Å²) >= 11 is -1.96. The summed E-state index contributed by atoms with van der Waals surface area (Å²) in [5, 5.41) is 0. The third-order valence-corrected chi connectivity index (χ3v) is 4.16. The highest BCUT2D eigenvalue weighted by Crippen LogP contribution is 2.20. The molecule has 0 fully saturated rings. The van der Waals surface area contributed by atoms with Crippen molar-refractivity contribution in [2.45, 2.75) is 26.4 Å². The maximum Gasteiger partial charge on any atom is 0.428 e. The van der Waals surface area contributed by atoms with Crippen molar-refractivity contribution in [2.75, 3.05) is 7.05 Å². The Balaban J connectivity index is 1.91. The van der Waals surface area contributed by atoms with Crippen molar-refractivity contribution in [1.82, 2.24) is 9.29 Å². The number of aromatic nitrogens is 1. The van der Waals surface area contributed by atoms with Gasteiger partial charge in [0, 0.05) is 13.2 Å². The zero-order chi connectivity index (χ0) is 17.5. The molecule has 0 bridgehead atoms. The molecule has 1 heterocycles. The Hall–Kier alpha value is -2.25. The first kappa shape index (κ1) is 18.1. The van der Waals surface area contributed by atoms with Crippen LogP contribution in [0.1, 0.15) is 31.0 Å². The molecule has 7 heteroatoms. The van der Waals surface area contributed by atoms with Gasteiger partial charge in [-0.15, -0.1) is 0 Å². The second-order valence-electron chi connectivity index (χ2n) is 5.39. The van der Waals surface area contributed by atoms with Crippen molar-refractivity contribution in [3.05, 3.63) is 59.9 Å². The van der Waals surface area contributed by atoms with E-state index in [2.05, 4.69) is 4.98 Å². The summed E-state index contributed by atoms with van der Waals surface area (Å²) in [6.45, 7) is 4.13. The minimum atomic E-state index is -1.96. The molecule has 0 aliphatic heterocycles. The van der Waals surface area contributed by atoms with E-state index in [1.807, 2.05) is 26.0 Å². The zero-order valence-electron chi connectivity index (χ0n) is 13.8. The summed E-state index contributed by atoms with van der Waals surface area (Å²) < 4.78 is 23.3. The summed E-state index contributed by atoms with van der Waals surface area (Å²) in [4.78, 5) is 16.1. The van der Waals surface area contributed by atoms with Gasteiger partial charge in [0.25, 0.3) is 11.3 Å². The number of carbonyl (C=O) groups is 1. The largest absolute Gasteiger partial charge is 0.428 e. The third-order valence-electron chi connectivity index (χ3n) is 3.24. The van der Waals surface area contributed by atoms with E-state index in [0.29, 0.717) is 17.4 Å². The highest BCUT2D eigenvalue weighted by Gasteiger charge is 2.19. The molecule has 1 unspecified atom stereocenters. The van der Waals surface area contributed by atoms with E-state index in [0.717, 1.165) is 9.87 Å². The van der Waals surface area contributed by atoms with E-state index in [9.17, 15) is 9.00 Å². The predicted molar refractivity (Wildman–Crippen MR) is 91.5 cm³/mol. The zero-order valence-corrected chi connectivity index (χ0v) is 14.7. The molecular weight excluding hydrogens is 328 g/mol. The third kappa shape index (κ3) is 5.14. The molecule has 128 valence electrons. The van der Waals surface area contributed by atoms with Crippen LogP contribution < -0.4 is 4.74 Å². The molecule has 1 aromatic heterocycles. The lowest BCUT2D eigenvalue weighted by molar-refractivity contribution is 0.181. The Kier molecular flexibility index (Phi) is 6.45. The first-order valence-electron chi connectivity index (χ1n) is 7.48. The average molecular weight is 348 g/mol. The van der Waals surface area contributed by atoms with Gasteiger partial charge in [0.2, 0.25) is 0 Å². The fourth-order valence-electron chi connectivity index (χ4n) is 1.84. The molecule has 2 rings (SSSR count). The molecule has 0 saturated carbocycles. The molecule has 2 aromatic rings. The fraction of sp³-hybridized carbons (Fsp3) is 0.294. The fourth-order valence-corrected chi connectivity index (χ4v) is 2.38. The number of hydrogen-bond acceptors (Lipinski definition) is 5. The SMILES string of the molecule is CC(C)c1cccc(OC(=O)N(C)S(=O)OCc2ccccn2)c1. The first-order valence-corrected chi connectivity index (χ1v) is 8.51. The van der Waals surface area contributed by atoms with Gasteiger partial charge in [0.1, 0.15) is 12.4 Å². The first-order chi connectivity index (χ1) is 11.5. The quantitative estimate of drug-likeness (QED) is 0.800. The highest BCUT2D eigenvalue weighted by molar-refractivity contribution is 7.78. The van der Waals surface area contributed by atoms with E-state index in [1.54, 1.807) is 36.5 Å². The van der Waals surface area contributed by atoms with Gasteiger partial charge in [-0.2, -0.15) is 0 Å². The number of amides is 1. The van der Waals surface area contributed by atoms with Gasteiger partial charge >= 0.3 is 6.09 Å². The normalized spacial score (nSPS) is 12.0. The molecule has 1 amide bonds. The van der Waals surface area contributed by atoms with Crippen LogP contribution in [-0.2, 0) is 22.1 Å². The summed E-state index contributed by atoms with van der Waals surface area (Å²) in [5.74, 6) is 0.719. The minimum absolute atomic E-state index is 0.0356. The van der Waals surface area contributed by atoms with Crippen LogP contribution >= 0.6 is 0 Å². The van der Waals surface area contributed by atoms with Gasteiger partial charge in [-0.05, 0) is 35.7 Å². The number of nitrogens with zero attached hydrogens (tertiary/aromatic N) is 2. The number of carbonyl (C=O) groups excluding carboxylic acids is 1. The second-order valence-corrected chi connectivity index (χ2v) is 6.61. The number of ether oxygens (including phenoxy) is 1. The average Bonchev–Trinajstić information content (AvgIpc) is 2.60. The van der Waals surface area contributed by atoms with Crippen LogP contribution in [0.15, 0.2) is 48.7 Å². The van der Waals surface area contributed by atoms with E-state index in [4.69, 9.17) is 8.92 Å². The number of rotatable bonds is 6. The van der Waals surface area contributed by atoms with Crippen molar-refractivity contribution < 1.29 is 17.9 Å². The van der Waals surface area contributed by atoms with Crippen LogP contribution in [0.2, 0.25) is 0 Å². The number of benzene rings is 1. The summed E-state index contributed by atoms with van der Waals surface area (Å²) in [6, 6.07) is 12.5. The van der Waals surface area contributed by atoms with Gasteiger partial charge in [-0.3, -0.25) is 9.17 Å². The van der Waals surface area contributed by atoms with Crippen molar-refractivity contribution >= 4 is 17.4 Å². The monoisotopic (exact) mass is 348 g/mol. The summed E-state index contributed by atoms with van der Waals surface area (Å²) in [6.07, 6.45) is 0.858. The number of hydrogen-bond donors (Lipinski definition) is 0. The maximum atomic E-state index is 12.1. The van der Waals surface area contributed by atoms with Crippen LogP contribution in [0.5, 0.6) is 5.75 Å². The lowest BCUT2D eigenvalue weighted by Crippen LogP contribution is -2.32. The van der Waals surface area contributed by atoms with Crippen molar-refractivity contribution in [2.24, 2.45) is 0 Å². The van der Waals surface area contributed by atoms with Gasteiger partial charge < -0.3 is 4.74 Å². The smallest absolute Gasteiger partial charge is 0.409 e. The molecule has 1 atom stereocenters. The van der Waals surface area contributed by atoms with Crippen LogP contribution in [0.25, 0.3) is 0 Å². The van der Waals surface area contributed by atoms with Crippen LogP contribution in [0.4, 0.5) is 4.79 Å². The van der Waals surface area contributed by atoms with Gasteiger partial charge in [-0.1, -0.05) is 32.0 Å². The van der Waals surface area contributed by atoms with Crippen LogP contribution in [0.3, 0.4) is 0 Å². The molecule has 0 aliphatic rings. The van der Waals surface area contributed by atoms with Gasteiger partial charge in [0.05, 0.1) is 5.69 Å². The molecule has 0 radical (unpaired) electrons. The predicted octanol–water partition coefficient (Wildman–Crippen LogP) is 3.43. The molecule has 0 N–H and O–H groups in total. The second kappa shape index (κ2) is 8.56. The topological polar surface area (TPSA) is 68.7 Å². The van der Waals surface area contributed by atoms with Crippen molar-refractivity contribution in [3.63, 3.8) is 0 Å². The Labute approximate surface area is 144 Å². The molecule has 0 spiro atoms. The Morgan fingerprint density at radius 1 is 1.25 bits per heavy atom. The molecule has 0 aliphatic carbocycles. The van der Waals surface area contributed by atoms with Crippen molar-refractivity contribution in [3.8, 4) is 5.75 Å².